The highest BCUT2D eigenvalue weighted by molar-refractivity contribution is 5.93. The monoisotopic (exact) mass is 336 g/mol. The van der Waals surface area contributed by atoms with Crippen molar-refractivity contribution < 1.29 is 4.74 Å². The summed E-state index contributed by atoms with van der Waals surface area (Å²) in [5.74, 6) is 1.68. The van der Waals surface area contributed by atoms with Crippen LogP contribution in [0.3, 0.4) is 0 Å². The molecule has 1 aromatic carbocycles. The van der Waals surface area contributed by atoms with E-state index in [2.05, 4.69) is 21.7 Å². The molecule has 1 fully saturated rings. The van der Waals surface area contributed by atoms with E-state index < -0.39 is 0 Å². The number of rotatable bonds is 4. The van der Waals surface area contributed by atoms with Gasteiger partial charge < -0.3 is 10.5 Å². The molecule has 0 aliphatic heterocycles. The summed E-state index contributed by atoms with van der Waals surface area (Å²) in [5, 5.41) is 5.48. The first-order valence-electron chi connectivity index (χ1n) is 9.03. The number of nitrogens with zero attached hydrogens (tertiary/aromatic N) is 3. The molecule has 0 radical (unpaired) electrons. The number of hydrogen-bond donors (Lipinski definition) is 1. The normalized spacial score (nSPS) is 20.7. The molecule has 2 heterocycles. The minimum atomic E-state index is 0.401. The summed E-state index contributed by atoms with van der Waals surface area (Å²) in [4.78, 5) is 4.40. The fourth-order valence-electron chi connectivity index (χ4n) is 3.83. The Morgan fingerprint density at radius 2 is 1.96 bits per heavy atom. The lowest BCUT2D eigenvalue weighted by molar-refractivity contribution is 0.246. The molecule has 5 nitrogen and oxygen atoms in total. The lowest BCUT2D eigenvalue weighted by Gasteiger charge is -2.29. The molecule has 0 amide bonds. The largest absolute Gasteiger partial charge is 0.472 e. The van der Waals surface area contributed by atoms with Crippen LogP contribution in [-0.4, -0.2) is 14.8 Å². The summed E-state index contributed by atoms with van der Waals surface area (Å²) in [7, 11) is 0. The Hall–Kier alpha value is -2.56. The second-order valence-electron chi connectivity index (χ2n) is 6.94. The van der Waals surface area contributed by atoms with Gasteiger partial charge in [-0.05, 0) is 30.4 Å². The van der Waals surface area contributed by atoms with Gasteiger partial charge in [0.05, 0.1) is 11.6 Å². The smallest absolute Gasteiger partial charge is 0.227 e. The molecule has 2 atom stereocenters. The number of pyridine rings is 1. The highest BCUT2D eigenvalue weighted by Gasteiger charge is 2.26. The van der Waals surface area contributed by atoms with Crippen LogP contribution in [0.15, 0.2) is 42.6 Å². The molecule has 0 spiro atoms. The lowest BCUT2D eigenvalue weighted by atomic mass is 9.86. The van der Waals surface area contributed by atoms with Crippen LogP contribution in [0.5, 0.6) is 5.88 Å². The van der Waals surface area contributed by atoms with E-state index in [0.717, 1.165) is 22.9 Å². The molecule has 130 valence electrons. The zero-order valence-corrected chi connectivity index (χ0v) is 14.6. The van der Waals surface area contributed by atoms with Crippen molar-refractivity contribution in [2.24, 2.45) is 5.92 Å². The summed E-state index contributed by atoms with van der Waals surface area (Å²) in [6.07, 6.45) is 6.74. The fourth-order valence-corrected chi connectivity index (χ4v) is 3.83. The molecule has 3 aromatic rings. The van der Waals surface area contributed by atoms with Gasteiger partial charge in [-0.25, -0.2) is 4.98 Å². The number of benzene rings is 1. The van der Waals surface area contributed by atoms with E-state index in [1.54, 1.807) is 6.20 Å². The van der Waals surface area contributed by atoms with Crippen LogP contribution < -0.4 is 10.5 Å². The number of anilines is 1. The van der Waals surface area contributed by atoms with E-state index in [1.807, 2.05) is 36.4 Å². The number of nitrogens with two attached hydrogens (primary N) is 1. The first-order chi connectivity index (χ1) is 12.2. The second kappa shape index (κ2) is 6.75. The van der Waals surface area contributed by atoms with Crippen LogP contribution in [0.25, 0.3) is 10.9 Å². The standard InChI is InChI=1S/C20H24N4O/c1-14-7-5-6-10-16(14)24-17-11-12-22-20(18(17)19(21)23-24)25-13-15-8-3-2-4-9-15/h2-4,8-9,11-12,14,16H,5-7,10,13H2,1H3,(H2,21,23). The Morgan fingerprint density at radius 3 is 2.76 bits per heavy atom. The van der Waals surface area contributed by atoms with Gasteiger partial charge in [-0.3, -0.25) is 4.68 Å². The summed E-state index contributed by atoms with van der Waals surface area (Å²) >= 11 is 0. The van der Waals surface area contributed by atoms with Crippen molar-refractivity contribution in [1.29, 1.82) is 0 Å². The maximum atomic E-state index is 6.25. The highest BCUT2D eigenvalue weighted by Crippen LogP contribution is 2.38. The fraction of sp³-hybridized carbons (Fsp3) is 0.400. The molecular formula is C20H24N4O. The molecular weight excluding hydrogens is 312 g/mol. The zero-order valence-electron chi connectivity index (χ0n) is 14.6. The number of ether oxygens (including phenoxy) is 1. The van der Waals surface area contributed by atoms with Crippen LogP contribution in [-0.2, 0) is 6.61 Å². The number of fused-ring (bicyclic) bond motifs is 1. The van der Waals surface area contributed by atoms with Gasteiger partial charge in [0.15, 0.2) is 5.82 Å². The molecule has 2 unspecified atom stereocenters. The Labute approximate surface area is 147 Å². The topological polar surface area (TPSA) is 66.0 Å². The first kappa shape index (κ1) is 15.9. The van der Waals surface area contributed by atoms with Crippen molar-refractivity contribution in [3.05, 3.63) is 48.2 Å². The molecule has 1 aliphatic rings. The number of nitrogen functional groups attached to an aromatic ring is 1. The van der Waals surface area contributed by atoms with E-state index in [0.29, 0.717) is 30.3 Å². The predicted molar refractivity (Wildman–Crippen MR) is 99.4 cm³/mol. The van der Waals surface area contributed by atoms with Gasteiger partial charge in [-0.15, -0.1) is 0 Å². The summed E-state index contributed by atoms with van der Waals surface area (Å²) < 4.78 is 8.07. The Morgan fingerprint density at radius 1 is 1.16 bits per heavy atom. The third-order valence-corrected chi connectivity index (χ3v) is 5.21. The minimum absolute atomic E-state index is 0.401. The summed E-state index contributed by atoms with van der Waals surface area (Å²) in [6, 6.07) is 12.5. The van der Waals surface area contributed by atoms with Crippen LogP contribution in [0.2, 0.25) is 0 Å². The summed E-state index contributed by atoms with van der Waals surface area (Å²) in [6.45, 7) is 2.78. The third-order valence-electron chi connectivity index (χ3n) is 5.21. The van der Waals surface area contributed by atoms with Crippen LogP contribution in [0.1, 0.15) is 44.2 Å². The van der Waals surface area contributed by atoms with E-state index in [1.165, 1.54) is 19.3 Å². The third kappa shape index (κ3) is 3.06. The predicted octanol–water partition coefficient (Wildman–Crippen LogP) is 4.34. The van der Waals surface area contributed by atoms with Crippen molar-refractivity contribution in [3.8, 4) is 5.88 Å². The molecule has 0 bridgehead atoms. The van der Waals surface area contributed by atoms with Gasteiger partial charge in [0.2, 0.25) is 5.88 Å². The first-order valence-corrected chi connectivity index (χ1v) is 9.03. The summed E-state index contributed by atoms with van der Waals surface area (Å²) in [5.41, 5.74) is 8.37. The van der Waals surface area contributed by atoms with E-state index in [-0.39, 0.29) is 0 Å². The van der Waals surface area contributed by atoms with Crippen molar-refractivity contribution in [2.75, 3.05) is 5.73 Å². The maximum Gasteiger partial charge on any atom is 0.227 e. The van der Waals surface area contributed by atoms with Gasteiger partial charge in [-0.1, -0.05) is 50.1 Å². The Bertz CT molecular complexity index is 859. The molecule has 5 heteroatoms. The molecule has 1 aliphatic carbocycles. The van der Waals surface area contributed by atoms with E-state index >= 15 is 0 Å². The van der Waals surface area contributed by atoms with Gasteiger partial charge in [0.1, 0.15) is 12.0 Å². The van der Waals surface area contributed by atoms with Crippen molar-refractivity contribution in [3.63, 3.8) is 0 Å². The average molecular weight is 336 g/mol. The molecule has 0 saturated heterocycles. The lowest BCUT2D eigenvalue weighted by Crippen LogP contribution is -2.22. The van der Waals surface area contributed by atoms with Gasteiger partial charge >= 0.3 is 0 Å². The molecule has 2 N–H and O–H groups in total. The van der Waals surface area contributed by atoms with Crippen LogP contribution in [0.4, 0.5) is 5.82 Å². The Kier molecular flexibility index (Phi) is 4.30. The zero-order chi connectivity index (χ0) is 17.2. The SMILES string of the molecule is CC1CCCCC1n1nc(N)c2c(OCc3ccccc3)nccc21. The second-order valence-corrected chi connectivity index (χ2v) is 6.94. The number of hydrogen-bond acceptors (Lipinski definition) is 4. The molecule has 1 saturated carbocycles. The van der Waals surface area contributed by atoms with Crippen LogP contribution >= 0.6 is 0 Å². The van der Waals surface area contributed by atoms with Gasteiger partial charge in [0.25, 0.3) is 0 Å². The molecule has 25 heavy (non-hydrogen) atoms. The van der Waals surface area contributed by atoms with Crippen molar-refractivity contribution >= 4 is 16.7 Å². The van der Waals surface area contributed by atoms with Gasteiger partial charge in [0, 0.05) is 6.20 Å². The number of aromatic nitrogens is 3. The average Bonchev–Trinajstić information content (AvgIpc) is 2.99. The minimum Gasteiger partial charge on any atom is -0.472 e. The maximum absolute atomic E-state index is 6.25. The highest BCUT2D eigenvalue weighted by atomic mass is 16.5. The van der Waals surface area contributed by atoms with Crippen LogP contribution in [0, 0.1) is 5.92 Å². The van der Waals surface area contributed by atoms with Crippen molar-refractivity contribution in [1.82, 2.24) is 14.8 Å². The van der Waals surface area contributed by atoms with Gasteiger partial charge in [-0.2, -0.15) is 5.10 Å². The van der Waals surface area contributed by atoms with E-state index in [4.69, 9.17) is 10.5 Å². The van der Waals surface area contributed by atoms with E-state index in [9.17, 15) is 0 Å². The van der Waals surface area contributed by atoms with Crippen molar-refractivity contribution in [2.45, 2.75) is 45.3 Å². The quantitative estimate of drug-likeness (QED) is 0.769. The Balaban J connectivity index is 1.67. The molecule has 4 rings (SSSR count). The molecule has 2 aromatic heterocycles.